The molecule has 1 heterocycles. The number of hydrogen-bond donors (Lipinski definition) is 2. The van der Waals surface area contributed by atoms with Crippen LogP contribution in [-0.4, -0.2) is 27.1 Å². The number of anilines is 1. The summed E-state index contributed by atoms with van der Waals surface area (Å²) >= 11 is 5.04. The van der Waals surface area contributed by atoms with Gasteiger partial charge in [0.25, 0.3) is 0 Å². The number of rotatable bonds is 4. The van der Waals surface area contributed by atoms with Gasteiger partial charge in [-0.05, 0) is 25.7 Å². The van der Waals surface area contributed by atoms with Crippen molar-refractivity contribution in [3.8, 4) is 0 Å². The molecular weight excluding hydrogens is 304 g/mol. The van der Waals surface area contributed by atoms with Crippen LogP contribution in [0.15, 0.2) is 0 Å². The molecule has 1 aromatic heterocycles. The number of nitrogens with zero attached hydrogens (tertiary/aromatic N) is 2. The van der Waals surface area contributed by atoms with Crippen LogP contribution in [0.3, 0.4) is 0 Å². The van der Waals surface area contributed by atoms with Crippen LogP contribution in [0.5, 0.6) is 0 Å². The van der Waals surface area contributed by atoms with Crippen LogP contribution in [-0.2, 0) is 0 Å². The Hall–Kier alpha value is -0.690. The quantitative estimate of drug-likeness (QED) is 0.838. The summed E-state index contributed by atoms with van der Waals surface area (Å²) in [6.07, 6.45) is 4.65. The predicted molar refractivity (Wildman–Crippen MR) is 69.8 cm³/mol. The fourth-order valence-corrected chi connectivity index (χ4v) is 2.72. The van der Waals surface area contributed by atoms with E-state index in [1.54, 1.807) is 0 Å². The normalized spacial score (nSPS) is 21.0. The summed E-state index contributed by atoms with van der Waals surface area (Å²) in [5, 5.41) is 15.2. The lowest BCUT2D eigenvalue weighted by atomic mass is 10.4. The summed E-state index contributed by atoms with van der Waals surface area (Å²) in [6, 6.07) is -0.200. The van der Waals surface area contributed by atoms with Crippen molar-refractivity contribution in [3.63, 3.8) is 0 Å². The Labute approximate surface area is 112 Å². The second kappa shape index (κ2) is 4.20. The highest BCUT2D eigenvalue weighted by molar-refractivity contribution is 9.10. The molecule has 2 aliphatic rings. The molecule has 3 rings (SSSR count). The first-order valence-electron chi connectivity index (χ1n) is 5.72. The van der Waals surface area contributed by atoms with Gasteiger partial charge in [0.1, 0.15) is 5.01 Å². The lowest BCUT2D eigenvalue weighted by molar-refractivity contribution is 0.252. The number of aromatic nitrogens is 2. The number of alkyl halides is 1. The van der Waals surface area contributed by atoms with Crippen molar-refractivity contribution in [2.45, 2.75) is 35.9 Å². The number of urea groups is 1. The Morgan fingerprint density at radius 1 is 1.47 bits per heavy atom. The molecule has 2 aliphatic carbocycles. The van der Waals surface area contributed by atoms with Crippen LogP contribution in [0, 0.1) is 0 Å². The first-order chi connectivity index (χ1) is 8.15. The molecule has 2 amide bonds. The Morgan fingerprint density at radius 2 is 2.24 bits per heavy atom. The zero-order valence-electron chi connectivity index (χ0n) is 9.20. The fourth-order valence-electron chi connectivity index (χ4n) is 1.47. The predicted octanol–water partition coefficient (Wildman–Crippen LogP) is 2.46. The number of carbonyl (C=O) groups is 1. The van der Waals surface area contributed by atoms with Gasteiger partial charge in [0.05, 0.1) is 0 Å². The van der Waals surface area contributed by atoms with E-state index in [0.29, 0.717) is 17.6 Å². The Bertz CT molecular complexity index is 441. The van der Waals surface area contributed by atoms with Crippen molar-refractivity contribution >= 4 is 38.4 Å². The first-order valence-corrected chi connectivity index (χ1v) is 7.33. The van der Waals surface area contributed by atoms with Crippen LogP contribution in [0.25, 0.3) is 0 Å². The molecule has 5 nitrogen and oxygen atoms in total. The van der Waals surface area contributed by atoms with Crippen LogP contribution in [0.1, 0.15) is 36.6 Å². The van der Waals surface area contributed by atoms with E-state index < -0.39 is 0 Å². The minimum absolute atomic E-state index is 0.143. The second-order valence-corrected chi connectivity index (χ2v) is 7.37. The molecule has 2 saturated carbocycles. The molecule has 1 aromatic rings. The van der Waals surface area contributed by atoms with E-state index in [0.717, 1.165) is 17.8 Å². The van der Waals surface area contributed by atoms with Crippen molar-refractivity contribution in [1.82, 2.24) is 15.5 Å². The van der Waals surface area contributed by atoms with Gasteiger partial charge in [0, 0.05) is 16.8 Å². The molecule has 2 N–H and O–H groups in total. The maximum atomic E-state index is 11.6. The van der Waals surface area contributed by atoms with E-state index in [-0.39, 0.29) is 10.4 Å². The van der Waals surface area contributed by atoms with Crippen molar-refractivity contribution < 1.29 is 4.79 Å². The van der Waals surface area contributed by atoms with Gasteiger partial charge in [-0.2, -0.15) is 0 Å². The van der Waals surface area contributed by atoms with E-state index in [9.17, 15) is 4.79 Å². The van der Waals surface area contributed by atoms with Gasteiger partial charge in [0.15, 0.2) is 0 Å². The molecule has 0 aromatic carbocycles. The van der Waals surface area contributed by atoms with Crippen LogP contribution >= 0.6 is 27.3 Å². The second-order valence-electron chi connectivity index (χ2n) is 4.68. The lowest BCUT2D eigenvalue weighted by Crippen LogP contribution is -2.34. The highest BCUT2D eigenvalue weighted by atomic mass is 79.9. The molecule has 17 heavy (non-hydrogen) atoms. The number of halogens is 1. The third-order valence-electron chi connectivity index (χ3n) is 2.95. The van der Waals surface area contributed by atoms with Crippen molar-refractivity contribution in [1.29, 1.82) is 0 Å². The number of carbonyl (C=O) groups excluding carboxylic acids is 1. The average molecular weight is 317 g/mol. The summed E-state index contributed by atoms with van der Waals surface area (Å²) < 4.78 is 0.143. The standard InChI is InChI=1S/C10H13BrN4OS/c11-10(3-4-10)5-12-8(16)13-9-15-14-7(17-9)6-1-2-6/h6H,1-5H2,(H2,12,13,15,16). The largest absolute Gasteiger partial charge is 0.336 e. The van der Waals surface area contributed by atoms with Gasteiger partial charge in [0.2, 0.25) is 5.13 Å². The molecule has 0 spiro atoms. The first kappa shape index (κ1) is 11.4. The molecule has 0 saturated heterocycles. The lowest BCUT2D eigenvalue weighted by Gasteiger charge is -2.08. The average Bonchev–Trinajstić information content (AvgIpc) is 3.21. The van der Waals surface area contributed by atoms with Gasteiger partial charge >= 0.3 is 6.03 Å². The Kier molecular flexibility index (Phi) is 2.82. The maximum absolute atomic E-state index is 11.6. The third kappa shape index (κ3) is 2.95. The highest BCUT2D eigenvalue weighted by Gasteiger charge is 2.39. The molecule has 0 radical (unpaired) electrons. The number of amides is 2. The molecule has 0 atom stereocenters. The zero-order valence-corrected chi connectivity index (χ0v) is 11.6. The van der Waals surface area contributed by atoms with E-state index in [1.807, 2.05) is 0 Å². The molecule has 2 fully saturated rings. The summed E-state index contributed by atoms with van der Waals surface area (Å²) in [5.74, 6) is 0.586. The van der Waals surface area contributed by atoms with Gasteiger partial charge in [-0.1, -0.05) is 27.3 Å². The summed E-state index contributed by atoms with van der Waals surface area (Å²) in [5.41, 5.74) is 0. The van der Waals surface area contributed by atoms with Crippen LogP contribution < -0.4 is 10.6 Å². The highest BCUT2D eigenvalue weighted by Crippen LogP contribution is 2.43. The van der Waals surface area contributed by atoms with E-state index in [4.69, 9.17) is 0 Å². The Balaban J connectivity index is 1.49. The smallest absolute Gasteiger partial charge is 0.321 e. The third-order valence-corrected chi connectivity index (χ3v) is 5.02. The summed E-state index contributed by atoms with van der Waals surface area (Å²) in [6.45, 7) is 0.660. The molecule has 7 heteroatoms. The van der Waals surface area contributed by atoms with Crippen molar-refractivity contribution in [3.05, 3.63) is 5.01 Å². The summed E-state index contributed by atoms with van der Waals surface area (Å²) in [7, 11) is 0. The summed E-state index contributed by atoms with van der Waals surface area (Å²) in [4.78, 5) is 11.6. The molecule has 0 unspecified atom stereocenters. The fraction of sp³-hybridized carbons (Fsp3) is 0.700. The maximum Gasteiger partial charge on any atom is 0.321 e. The van der Waals surface area contributed by atoms with Crippen molar-refractivity contribution in [2.24, 2.45) is 0 Å². The van der Waals surface area contributed by atoms with Crippen LogP contribution in [0.2, 0.25) is 0 Å². The minimum atomic E-state index is -0.200. The van der Waals surface area contributed by atoms with Gasteiger partial charge < -0.3 is 5.32 Å². The van der Waals surface area contributed by atoms with Crippen LogP contribution in [0.4, 0.5) is 9.93 Å². The van der Waals surface area contributed by atoms with Gasteiger partial charge in [-0.3, -0.25) is 5.32 Å². The topological polar surface area (TPSA) is 66.9 Å². The number of nitrogens with one attached hydrogen (secondary N) is 2. The van der Waals surface area contributed by atoms with E-state index >= 15 is 0 Å². The number of hydrogen-bond acceptors (Lipinski definition) is 4. The van der Waals surface area contributed by atoms with E-state index in [1.165, 1.54) is 24.2 Å². The zero-order chi connectivity index (χ0) is 11.9. The van der Waals surface area contributed by atoms with Gasteiger partial charge in [-0.15, -0.1) is 10.2 Å². The molecular formula is C10H13BrN4OS. The SMILES string of the molecule is O=C(NCC1(Br)CC1)Nc1nnc(C2CC2)s1. The van der Waals surface area contributed by atoms with E-state index in [2.05, 4.69) is 36.8 Å². The molecule has 92 valence electrons. The minimum Gasteiger partial charge on any atom is -0.336 e. The molecule has 0 bridgehead atoms. The van der Waals surface area contributed by atoms with Crippen molar-refractivity contribution in [2.75, 3.05) is 11.9 Å². The monoisotopic (exact) mass is 316 g/mol. The molecule has 0 aliphatic heterocycles. The Morgan fingerprint density at radius 3 is 2.88 bits per heavy atom. The van der Waals surface area contributed by atoms with Gasteiger partial charge in [-0.25, -0.2) is 4.79 Å².